The molecule has 2 aromatic carbocycles. The Morgan fingerprint density at radius 2 is 1.61 bits per heavy atom. The van der Waals surface area contributed by atoms with Gasteiger partial charge in [0.25, 0.3) is 10.0 Å². The number of aryl methyl sites for hydroxylation is 1. The smallest absolute Gasteiger partial charge is 0.263 e. The number of sulfonamides is 1. The number of rotatable bonds is 7. The van der Waals surface area contributed by atoms with Crippen molar-refractivity contribution in [3.05, 3.63) is 77.4 Å². The van der Waals surface area contributed by atoms with Crippen LogP contribution >= 0.6 is 0 Å². The first kappa shape index (κ1) is 19.8. The number of nitrogens with zero attached hydrogens (tertiary/aromatic N) is 2. The number of aromatic nitrogens is 2. The third-order valence-corrected chi connectivity index (χ3v) is 5.69. The number of hydrogen-bond donors (Lipinski definition) is 2. The molecule has 1 aromatic heterocycles. The van der Waals surface area contributed by atoms with Gasteiger partial charge >= 0.3 is 0 Å². The van der Waals surface area contributed by atoms with Gasteiger partial charge in [-0.15, -0.1) is 10.2 Å². The van der Waals surface area contributed by atoms with Crippen LogP contribution < -0.4 is 10.0 Å². The van der Waals surface area contributed by atoms with E-state index in [0.717, 1.165) is 11.1 Å². The van der Waals surface area contributed by atoms with E-state index in [4.69, 9.17) is 0 Å². The normalized spacial score (nSPS) is 11.4. The minimum atomic E-state index is -3.70. The van der Waals surface area contributed by atoms with E-state index in [0.29, 0.717) is 18.3 Å². The molecule has 3 aromatic rings. The summed E-state index contributed by atoms with van der Waals surface area (Å²) in [5.41, 5.74) is 3.41. The van der Waals surface area contributed by atoms with E-state index in [2.05, 4.69) is 40.2 Å². The van der Waals surface area contributed by atoms with Gasteiger partial charge in [0.1, 0.15) is 5.82 Å². The molecule has 0 amide bonds. The first-order valence-electron chi connectivity index (χ1n) is 9.09. The van der Waals surface area contributed by atoms with E-state index in [1.165, 1.54) is 5.56 Å². The van der Waals surface area contributed by atoms with Gasteiger partial charge in [-0.1, -0.05) is 55.8 Å². The van der Waals surface area contributed by atoms with E-state index >= 15 is 0 Å². The lowest BCUT2D eigenvalue weighted by molar-refractivity contribution is 0.601. The van der Waals surface area contributed by atoms with Crippen molar-refractivity contribution in [3.63, 3.8) is 0 Å². The maximum absolute atomic E-state index is 12.5. The Hall–Kier alpha value is -2.93. The van der Waals surface area contributed by atoms with E-state index in [1.54, 1.807) is 24.3 Å². The van der Waals surface area contributed by atoms with Crippen molar-refractivity contribution < 1.29 is 8.42 Å². The molecule has 0 aliphatic heterocycles. The molecule has 0 bridgehead atoms. The lowest BCUT2D eigenvalue weighted by atomic mass is 10.0. The fourth-order valence-corrected chi connectivity index (χ4v) is 3.72. The lowest BCUT2D eigenvalue weighted by Gasteiger charge is -2.10. The highest BCUT2D eigenvalue weighted by Gasteiger charge is 2.15. The molecular weight excluding hydrogens is 372 g/mol. The van der Waals surface area contributed by atoms with Crippen LogP contribution in [0, 0.1) is 6.92 Å². The average Bonchev–Trinajstić information content (AvgIpc) is 2.67. The summed E-state index contributed by atoms with van der Waals surface area (Å²) in [6.45, 7) is 6.78. The van der Waals surface area contributed by atoms with E-state index in [-0.39, 0.29) is 10.7 Å². The maximum atomic E-state index is 12.5. The highest BCUT2D eigenvalue weighted by molar-refractivity contribution is 7.92. The molecule has 0 atom stereocenters. The molecule has 28 heavy (non-hydrogen) atoms. The second-order valence-corrected chi connectivity index (χ2v) is 8.66. The molecule has 6 nitrogen and oxygen atoms in total. The Kier molecular flexibility index (Phi) is 5.94. The molecule has 0 saturated carbocycles. The molecule has 7 heteroatoms. The highest BCUT2D eigenvalue weighted by atomic mass is 32.2. The van der Waals surface area contributed by atoms with Crippen molar-refractivity contribution in [2.24, 2.45) is 0 Å². The topological polar surface area (TPSA) is 84.0 Å². The molecule has 0 unspecified atom stereocenters. The van der Waals surface area contributed by atoms with Crippen molar-refractivity contribution in [1.82, 2.24) is 10.2 Å². The van der Waals surface area contributed by atoms with Crippen LogP contribution in [-0.4, -0.2) is 18.6 Å². The Balaban J connectivity index is 1.64. The van der Waals surface area contributed by atoms with Crippen LogP contribution in [0.1, 0.15) is 36.5 Å². The minimum Gasteiger partial charge on any atom is -0.365 e. The fourth-order valence-electron chi connectivity index (χ4n) is 2.72. The van der Waals surface area contributed by atoms with Crippen LogP contribution in [0.25, 0.3) is 0 Å². The predicted molar refractivity (Wildman–Crippen MR) is 112 cm³/mol. The average molecular weight is 397 g/mol. The van der Waals surface area contributed by atoms with E-state index in [9.17, 15) is 8.42 Å². The third-order valence-electron chi connectivity index (χ3n) is 4.32. The quantitative estimate of drug-likeness (QED) is 0.621. The summed E-state index contributed by atoms with van der Waals surface area (Å²) in [5.74, 6) is 1.09. The molecule has 146 valence electrons. The zero-order valence-corrected chi connectivity index (χ0v) is 17.0. The van der Waals surface area contributed by atoms with Crippen LogP contribution in [-0.2, 0) is 16.6 Å². The number of anilines is 2. The van der Waals surface area contributed by atoms with Gasteiger partial charge < -0.3 is 5.32 Å². The molecule has 0 aliphatic rings. The maximum Gasteiger partial charge on any atom is 0.263 e. The first-order valence-corrected chi connectivity index (χ1v) is 10.6. The van der Waals surface area contributed by atoms with E-state index < -0.39 is 10.0 Å². The van der Waals surface area contributed by atoms with Crippen molar-refractivity contribution in [2.75, 3.05) is 10.0 Å². The fraction of sp³-hybridized carbons (Fsp3) is 0.238. The van der Waals surface area contributed by atoms with E-state index in [1.807, 2.05) is 37.3 Å². The van der Waals surface area contributed by atoms with Crippen molar-refractivity contribution in [3.8, 4) is 0 Å². The zero-order chi connectivity index (χ0) is 20.1. The van der Waals surface area contributed by atoms with Gasteiger partial charge in [-0.2, -0.15) is 0 Å². The summed E-state index contributed by atoms with van der Waals surface area (Å²) >= 11 is 0. The molecule has 0 radical (unpaired) electrons. The Morgan fingerprint density at radius 1 is 0.929 bits per heavy atom. The summed E-state index contributed by atoms with van der Waals surface area (Å²) in [6, 6.07) is 18.3. The second-order valence-electron chi connectivity index (χ2n) is 6.98. The summed E-state index contributed by atoms with van der Waals surface area (Å²) in [7, 11) is -3.70. The molecule has 0 fully saturated rings. The SMILES string of the molecule is Cc1cccc(CNc2ccc(NS(=O)(=O)c3ccc(C(C)C)cc3)nn2)c1. The summed E-state index contributed by atoms with van der Waals surface area (Å²) in [5, 5.41) is 11.2. The van der Waals surface area contributed by atoms with Gasteiger partial charge in [0, 0.05) is 6.54 Å². The molecule has 3 rings (SSSR count). The van der Waals surface area contributed by atoms with Gasteiger partial charge in [0.05, 0.1) is 4.90 Å². The molecule has 0 aliphatic carbocycles. The number of hydrogen-bond acceptors (Lipinski definition) is 5. The van der Waals surface area contributed by atoms with Crippen LogP contribution in [0.5, 0.6) is 0 Å². The van der Waals surface area contributed by atoms with Gasteiger partial charge in [0.2, 0.25) is 0 Å². The first-order chi connectivity index (χ1) is 13.3. The van der Waals surface area contributed by atoms with Crippen molar-refractivity contribution >= 4 is 21.7 Å². The van der Waals surface area contributed by atoms with Gasteiger partial charge in [-0.05, 0) is 48.2 Å². The highest BCUT2D eigenvalue weighted by Crippen LogP contribution is 2.19. The zero-order valence-electron chi connectivity index (χ0n) is 16.2. The van der Waals surface area contributed by atoms with Gasteiger partial charge in [0.15, 0.2) is 5.82 Å². The summed E-state index contributed by atoms with van der Waals surface area (Å²) < 4.78 is 27.5. The monoisotopic (exact) mass is 396 g/mol. The van der Waals surface area contributed by atoms with Crippen LogP contribution in [0.3, 0.4) is 0 Å². The second kappa shape index (κ2) is 8.39. The number of nitrogens with one attached hydrogen (secondary N) is 2. The van der Waals surface area contributed by atoms with Gasteiger partial charge in [-0.3, -0.25) is 4.72 Å². The third kappa shape index (κ3) is 5.07. The minimum absolute atomic E-state index is 0.175. The standard InChI is InChI=1S/C21H24N4O2S/c1-15(2)18-7-9-19(10-8-18)28(26,27)25-21-12-11-20(23-24-21)22-14-17-6-4-5-16(3)13-17/h4-13,15H,14H2,1-3H3,(H,22,23)(H,24,25). The Bertz CT molecular complexity index is 1030. The van der Waals surface area contributed by atoms with Crippen LogP contribution in [0.4, 0.5) is 11.6 Å². The summed E-state index contributed by atoms with van der Waals surface area (Å²) in [6.07, 6.45) is 0. The Labute approximate surface area is 166 Å². The lowest BCUT2D eigenvalue weighted by Crippen LogP contribution is -2.14. The van der Waals surface area contributed by atoms with Crippen molar-refractivity contribution in [2.45, 2.75) is 38.1 Å². The molecular formula is C21H24N4O2S. The Morgan fingerprint density at radius 3 is 2.21 bits per heavy atom. The summed E-state index contributed by atoms with van der Waals surface area (Å²) in [4.78, 5) is 0.195. The molecule has 1 heterocycles. The predicted octanol–water partition coefficient (Wildman–Crippen LogP) is 4.32. The molecule has 0 spiro atoms. The van der Waals surface area contributed by atoms with Crippen molar-refractivity contribution in [1.29, 1.82) is 0 Å². The van der Waals surface area contributed by atoms with Gasteiger partial charge in [-0.25, -0.2) is 8.42 Å². The molecule has 2 N–H and O–H groups in total. The van der Waals surface area contributed by atoms with Crippen LogP contribution in [0.2, 0.25) is 0 Å². The largest absolute Gasteiger partial charge is 0.365 e. The van der Waals surface area contributed by atoms with Crippen LogP contribution in [0.15, 0.2) is 65.6 Å². The molecule has 0 saturated heterocycles. The number of benzene rings is 2.